The minimum absolute atomic E-state index is 0.0791. The average molecular weight is 338 g/mol. The summed E-state index contributed by atoms with van der Waals surface area (Å²) in [6.45, 7) is 1.76. The number of para-hydroxylation sites is 1. The number of nitrogens with one attached hydrogen (secondary N) is 1. The molecule has 0 bridgehead atoms. The molecule has 2 heterocycles. The van der Waals surface area contributed by atoms with Crippen molar-refractivity contribution < 1.29 is 14.7 Å². The number of hydrogen-bond donors (Lipinski definition) is 2. The van der Waals surface area contributed by atoms with Crippen LogP contribution in [0.2, 0.25) is 0 Å². The van der Waals surface area contributed by atoms with Crippen molar-refractivity contribution in [1.29, 1.82) is 0 Å². The van der Waals surface area contributed by atoms with E-state index < -0.39 is 11.9 Å². The molecule has 1 amide bonds. The van der Waals surface area contributed by atoms with E-state index in [9.17, 15) is 14.7 Å². The largest absolute Gasteiger partial charge is 0.503 e. The molecule has 0 saturated heterocycles. The third-order valence-corrected chi connectivity index (χ3v) is 5.50. The van der Waals surface area contributed by atoms with Crippen molar-refractivity contribution in [2.75, 3.05) is 0 Å². The Bertz CT molecular complexity index is 874. The van der Waals surface area contributed by atoms with E-state index in [4.69, 9.17) is 0 Å². The first-order chi connectivity index (χ1) is 12.1. The van der Waals surface area contributed by atoms with E-state index >= 15 is 0 Å². The molecule has 130 valence electrons. The number of aromatic nitrogens is 1. The lowest BCUT2D eigenvalue weighted by molar-refractivity contribution is -0.131. The molecular formula is C20H22N2O3. The van der Waals surface area contributed by atoms with E-state index in [1.807, 2.05) is 30.5 Å². The molecular weight excluding hydrogens is 316 g/mol. The average Bonchev–Trinajstić information content (AvgIpc) is 3.34. The number of aliphatic hydroxyl groups excluding tert-OH is 1. The van der Waals surface area contributed by atoms with Crippen molar-refractivity contribution in [3.05, 3.63) is 47.4 Å². The highest BCUT2D eigenvalue weighted by Crippen LogP contribution is 2.44. The normalized spacial score (nSPS) is 21.7. The van der Waals surface area contributed by atoms with Crippen LogP contribution in [0.25, 0.3) is 10.9 Å². The fourth-order valence-corrected chi connectivity index (χ4v) is 4.28. The summed E-state index contributed by atoms with van der Waals surface area (Å²) in [5.74, 6) is -0.936. The Morgan fingerprint density at radius 2 is 2.00 bits per heavy atom. The van der Waals surface area contributed by atoms with Crippen molar-refractivity contribution in [1.82, 2.24) is 9.88 Å². The lowest BCUT2D eigenvalue weighted by Gasteiger charge is -2.31. The Balaban J connectivity index is 1.89. The number of benzene rings is 1. The van der Waals surface area contributed by atoms with Gasteiger partial charge in [0.1, 0.15) is 0 Å². The molecule has 1 saturated carbocycles. The quantitative estimate of drug-likeness (QED) is 0.891. The maximum atomic E-state index is 12.8. The predicted octanol–water partition coefficient (Wildman–Crippen LogP) is 3.79. The number of Topliss-reactive ketones (excluding diaryl/α,β-unsaturated/α-hetero) is 1. The Hall–Kier alpha value is -2.56. The molecule has 1 aromatic carbocycles. The third-order valence-electron chi connectivity index (χ3n) is 5.50. The monoisotopic (exact) mass is 338 g/mol. The minimum Gasteiger partial charge on any atom is -0.503 e. The van der Waals surface area contributed by atoms with E-state index in [0.717, 1.165) is 42.1 Å². The number of H-pyrrole nitrogens is 1. The lowest BCUT2D eigenvalue weighted by Crippen LogP contribution is -2.38. The summed E-state index contributed by atoms with van der Waals surface area (Å²) in [4.78, 5) is 30.4. The number of carbonyl (C=O) groups is 2. The zero-order chi connectivity index (χ0) is 17.6. The summed E-state index contributed by atoms with van der Waals surface area (Å²) < 4.78 is 0. The molecule has 1 aromatic heterocycles. The number of amides is 1. The molecule has 1 fully saturated rings. The number of ketones is 1. The van der Waals surface area contributed by atoms with Crippen LogP contribution in [0.15, 0.2) is 41.8 Å². The van der Waals surface area contributed by atoms with Gasteiger partial charge < -0.3 is 15.0 Å². The molecule has 1 aliphatic heterocycles. The standard InChI is InChI=1S/C20H22N2O3/c1-2-16(23)17-18(14-11-21-15-10-6-5-9-13(14)15)22(20(25)19(17)24)12-7-3-4-8-12/h5-6,9-12,18,21,24H,2-4,7-8H2,1H3. The van der Waals surface area contributed by atoms with Gasteiger partial charge in [-0.2, -0.15) is 0 Å². The highest BCUT2D eigenvalue weighted by Gasteiger charge is 2.47. The molecule has 2 aliphatic rings. The first kappa shape index (κ1) is 15.9. The fourth-order valence-electron chi connectivity index (χ4n) is 4.28. The highest BCUT2D eigenvalue weighted by atomic mass is 16.3. The van der Waals surface area contributed by atoms with E-state index in [0.29, 0.717) is 0 Å². The first-order valence-corrected chi connectivity index (χ1v) is 8.98. The smallest absolute Gasteiger partial charge is 0.290 e. The van der Waals surface area contributed by atoms with Gasteiger partial charge in [-0.15, -0.1) is 0 Å². The minimum atomic E-state index is -0.501. The second-order valence-corrected chi connectivity index (χ2v) is 6.88. The highest BCUT2D eigenvalue weighted by molar-refractivity contribution is 6.09. The van der Waals surface area contributed by atoms with Crippen molar-refractivity contribution in [3.63, 3.8) is 0 Å². The van der Waals surface area contributed by atoms with Crippen molar-refractivity contribution in [2.45, 2.75) is 51.1 Å². The van der Waals surface area contributed by atoms with Gasteiger partial charge in [0.2, 0.25) is 0 Å². The van der Waals surface area contributed by atoms with Crippen LogP contribution in [-0.2, 0) is 9.59 Å². The molecule has 5 heteroatoms. The maximum Gasteiger partial charge on any atom is 0.290 e. The van der Waals surface area contributed by atoms with Crippen LogP contribution in [0.5, 0.6) is 0 Å². The van der Waals surface area contributed by atoms with Crippen LogP contribution in [-0.4, -0.2) is 32.7 Å². The number of hydrogen-bond acceptors (Lipinski definition) is 3. The van der Waals surface area contributed by atoms with Crippen LogP contribution >= 0.6 is 0 Å². The summed E-state index contributed by atoms with van der Waals surface area (Å²) in [7, 11) is 0. The van der Waals surface area contributed by atoms with E-state index in [2.05, 4.69) is 4.98 Å². The summed E-state index contributed by atoms with van der Waals surface area (Å²) in [6, 6.07) is 7.43. The predicted molar refractivity (Wildman–Crippen MR) is 95.1 cm³/mol. The van der Waals surface area contributed by atoms with Gasteiger partial charge in [-0.05, 0) is 18.9 Å². The number of aliphatic hydroxyl groups is 1. The molecule has 1 unspecified atom stereocenters. The zero-order valence-electron chi connectivity index (χ0n) is 14.3. The van der Waals surface area contributed by atoms with Gasteiger partial charge in [0.05, 0.1) is 11.6 Å². The molecule has 0 radical (unpaired) electrons. The van der Waals surface area contributed by atoms with E-state index in [-0.39, 0.29) is 29.6 Å². The second kappa shape index (κ2) is 6.06. The van der Waals surface area contributed by atoms with Gasteiger partial charge in [0, 0.05) is 35.1 Å². The summed E-state index contributed by atoms with van der Waals surface area (Å²) in [5.41, 5.74) is 2.10. The molecule has 2 N–H and O–H groups in total. The number of nitrogens with zero attached hydrogens (tertiary/aromatic N) is 1. The second-order valence-electron chi connectivity index (χ2n) is 6.88. The van der Waals surface area contributed by atoms with Gasteiger partial charge in [0.15, 0.2) is 11.5 Å². The number of fused-ring (bicyclic) bond motifs is 1. The Kier molecular flexibility index (Phi) is 3.86. The SMILES string of the molecule is CCC(=O)C1=C(O)C(=O)N(C2CCCC2)C1c1c[nH]c2ccccc12. The van der Waals surface area contributed by atoms with Crippen LogP contribution < -0.4 is 0 Å². The number of aromatic amines is 1. The fraction of sp³-hybridized carbons (Fsp3) is 0.400. The van der Waals surface area contributed by atoms with Crippen LogP contribution in [0, 0.1) is 0 Å². The Morgan fingerprint density at radius 1 is 1.28 bits per heavy atom. The summed E-state index contributed by atoms with van der Waals surface area (Å²) in [6.07, 6.45) is 6.13. The van der Waals surface area contributed by atoms with Crippen LogP contribution in [0.1, 0.15) is 50.6 Å². The molecule has 0 spiro atoms. The Labute approximate surface area is 146 Å². The molecule has 5 nitrogen and oxygen atoms in total. The van der Waals surface area contributed by atoms with E-state index in [1.165, 1.54) is 0 Å². The van der Waals surface area contributed by atoms with Crippen molar-refractivity contribution >= 4 is 22.6 Å². The van der Waals surface area contributed by atoms with E-state index in [1.54, 1.807) is 11.8 Å². The third kappa shape index (κ3) is 2.37. The maximum absolute atomic E-state index is 12.8. The van der Waals surface area contributed by atoms with Crippen LogP contribution in [0.3, 0.4) is 0 Å². The van der Waals surface area contributed by atoms with Gasteiger partial charge in [-0.25, -0.2) is 0 Å². The number of carbonyl (C=O) groups excluding carboxylic acids is 2. The first-order valence-electron chi connectivity index (χ1n) is 8.98. The molecule has 2 aromatic rings. The van der Waals surface area contributed by atoms with Gasteiger partial charge in [0.25, 0.3) is 5.91 Å². The zero-order valence-corrected chi connectivity index (χ0v) is 14.3. The molecule has 25 heavy (non-hydrogen) atoms. The molecule has 4 rings (SSSR count). The van der Waals surface area contributed by atoms with Crippen LogP contribution in [0.4, 0.5) is 0 Å². The molecule has 1 aliphatic carbocycles. The van der Waals surface area contributed by atoms with Crippen molar-refractivity contribution in [2.24, 2.45) is 0 Å². The molecule has 1 atom stereocenters. The van der Waals surface area contributed by atoms with Gasteiger partial charge in [-0.3, -0.25) is 9.59 Å². The lowest BCUT2D eigenvalue weighted by atomic mass is 9.94. The summed E-state index contributed by atoms with van der Waals surface area (Å²) in [5, 5.41) is 11.5. The number of rotatable bonds is 4. The topological polar surface area (TPSA) is 73.4 Å². The van der Waals surface area contributed by atoms with Gasteiger partial charge >= 0.3 is 0 Å². The van der Waals surface area contributed by atoms with Crippen molar-refractivity contribution in [3.8, 4) is 0 Å². The van der Waals surface area contributed by atoms with Gasteiger partial charge in [-0.1, -0.05) is 38.0 Å². The summed E-state index contributed by atoms with van der Waals surface area (Å²) >= 11 is 0. The Morgan fingerprint density at radius 3 is 2.72 bits per heavy atom.